The highest BCUT2D eigenvalue weighted by atomic mass is 19.4. The van der Waals surface area contributed by atoms with Gasteiger partial charge in [-0.1, -0.05) is 30.3 Å². The minimum Gasteiger partial charge on any atom is -0.475 e. The van der Waals surface area contributed by atoms with Crippen LogP contribution in [0.1, 0.15) is 18.4 Å². The SMILES string of the molecule is CN(Cc1ccccc1)C1CCNCC1.O=C(O)C(F)(F)F.O=C(O)C(F)(F)F. The maximum atomic E-state index is 10.6. The molecule has 0 amide bonds. The number of rotatable bonds is 3. The molecule has 1 aliphatic heterocycles. The number of hydrogen-bond acceptors (Lipinski definition) is 4. The van der Waals surface area contributed by atoms with E-state index in [1.807, 2.05) is 0 Å². The first-order valence-corrected chi connectivity index (χ1v) is 8.30. The van der Waals surface area contributed by atoms with Crippen molar-refractivity contribution in [2.45, 2.75) is 37.8 Å². The van der Waals surface area contributed by atoms with E-state index in [0.29, 0.717) is 0 Å². The summed E-state index contributed by atoms with van der Waals surface area (Å²) >= 11 is 0. The number of carboxylic acids is 2. The molecule has 0 radical (unpaired) electrons. The number of nitrogens with one attached hydrogen (secondary N) is 1. The summed E-state index contributed by atoms with van der Waals surface area (Å²) in [6.45, 7) is 3.42. The van der Waals surface area contributed by atoms with E-state index in [4.69, 9.17) is 19.8 Å². The first-order valence-electron chi connectivity index (χ1n) is 8.30. The van der Waals surface area contributed by atoms with E-state index < -0.39 is 24.3 Å². The van der Waals surface area contributed by atoms with Gasteiger partial charge in [0.05, 0.1) is 0 Å². The molecule has 0 aliphatic carbocycles. The number of aliphatic carboxylic acids is 2. The van der Waals surface area contributed by atoms with E-state index >= 15 is 0 Å². The number of piperidine rings is 1. The van der Waals surface area contributed by atoms with Gasteiger partial charge in [-0.3, -0.25) is 4.90 Å². The summed E-state index contributed by atoms with van der Waals surface area (Å²) in [4.78, 5) is 20.3. The molecule has 1 saturated heterocycles. The van der Waals surface area contributed by atoms with Crippen molar-refractivity contribution in [3.63, 3.8) is 0 Å². The van der Waals surface area contributed by atoms with Crippen molar-refractivity contribution in [1.29, 1.82) is 0 Å². The Kier molecular flexibility index (Phi) is 11.3. The van der Waals surface area contributed by atoms with Crippen LogP contribution in [0.15, 0.2) is 30.3 Å². The van der Waals surface area contributed by atoms with Crippen LogP contribution in [0.4, 0.5) is 26.3 Å². The van der Waals surface area contributed by atoms with Gasteiger partial charge in [0.25, 0.3) is 0 Å². The van der Waals surface area contributed by atoms with Crippen LogP contribution in [0.2, 0.25) is 0 Å². The van der Waals surface area contributed by atoms with Crippen molar-refractivity contribution >= 4 is 11.9 Å². The van der Waals surface area contributed by atoms with Crippen LogP contribution in [0.3, 0.4) is 0 Å². The molecule has 1 aliphatic rings. The summed E-state index contributed by atoms with van der Waals surface area (Å²) in [6, 6.07) is 11.5. The van der Waals surface area contributed by atoms with Gasteiger partial charge in [-0.05, 0) is 38.5 Å². The number of nitrogens with zero attached hydrogens (tertiary/aromatic N) is 1. The largest absolute Gasteiger partial charge is 0.490 e. The number of hydrogen-bond donors (Lipinski definition) is 3. The topological polar surface area (TPSA) is 89.9 Å². The number of benzene rings is 1. The minimum atomic E-state index is -5.08. The van der Waals surface area contributed by atoms with Crippen LogP contribution in [-0.4, -0.2) is 65.6 Å². The Morgan fingerprint density at radius 3 is 1.69 bits per heavy atom. The quantitative estimate of drug-likeness (QED) is 0.636. The average molecular weight is 432 g/mol. The first kappa shape index (κ1) is 26.7. The lowest BCUT2D eigenvalue weighted by Crippen LogP contribution is -2.40. The van der Waals surface area contributed by atoms with Crippen LogP contribution < -0.4 is 5.32 Å². The second-order valence-electron chi connectivity index (χ2n) is 5.99. The zero-order chi connectivity index (χ0) is 22.7. The van der Waals surface area contributed by atoms with Crippen LogP contribution in [0.25, 0.3) is 0 Å². The lowest BCUT2D eigenvalue weighted by molar-refractivity contribution is -0.193. The van der Waals surface area contributed by atoms with Crippen molar-refractivity contribution in [2.75, 3.05) is 20.1 Å². The molecule has 2 rings (SSSR count). The zero-order valence-corrected chi connectivity index (χ0v) is 15.4. The molecule has 1 heterocycles. The Balaban J connectivity index is 0.000000473. The maximum Gasteiger partial charge on any atom is 0.490 e. The molecule has 0 spiro atoms. The fraction of sp³-hybridized carbons (Fsp3) is 0.529. The predicted molar refractivity (Wildman–Crippen MR) is 91.2 cm³/mol. The molecule has 1 aromatic carbocycles. The van der Waals surface area contributed by atoms with Crippen molar-refractivity contribution in [1.82, 2.24) is 10.2 Å². The summed E-state index contributed by atoms with van der Waals surface area (Å²) in [6.07, 6.45) is -7.60. The summed E-state index contributed by atoms with van der Waals surface area (Å²) in [5.74, 6) is -5.51. The van der Waals surface area contributed by atoms with Crippen LogP contribution in [0.5, 0.6) is 0 Å². The lowest BCUT2D eigenvalue weighted by atomic mass is 10.0. The van der Waals surface area contributed by atoms with Gasteiger partial charge in [0.2, 0.25) is 0 Å². The highest BCUT2D eigenvalue weighted by Crippen LogP contribution is 2.14. The van der Waals surface area contributed by atoms with E-state index in [1.165, 1.54) is 31.5 Å². The van der Waals surface area contributed by atoms with Crippen molar-refractivity contribution in [2.24, 2.45) is 0 Å². The highest BCUT2D eigenvalue weighted by Gasteiger charge is 2.38. The van der Waals surface area contributed by atoms with E-state index in [1.54, 1.807) is 0 Å². The number of halogens is 6. The van der Waals surface area contributed by atoms with Crippen LogP contribution >= 0.6 is 0 Å². The van der Waals surface area contributed by atoms with Gasteiger partial charge in [0.1, 0.15) is 0 Å². The van der Waals surface area contributed by atoms with Gasteiger partial charge in [0.15, 0.2) is 0 Å². The Labute approximate surface area is 163 Å². The zero-order valence-electron chi connectivity index (χ0n) is 15.4. The van der Waals surface area contributed by atoms with Gasteiger partial charge >= 0.3 is 24.3 Å². The first-order chi connectivity index (χ1) is 13.2. The molecule has 1 aromatic rings. The van der Waals surface area contributed by atoms with E-state index in [0.717, 1.165) is 12.6 Å². The average Bonchev–Trinajstić information content (AvgIpc) is 2.63. The van der Waals surface area contributed by atoms with E-state index in [2.05, 4.69) is 47.6 Å². The normalized spacial score (nSPS) is 14.9. The minimum absolute atomic E-state index is 0.756. The summed E-state index contributed by atoms with van der Waals surface area (Å²) in [5, 5.41) is 17.7. The molecule has 0 saturated carbocycles. The Morgan fingerprint density at radius 2 is 1.34 bits per heavy atom. The third kappa shape index (κ3) is 12.7. The number of carbonyl (C=O) groups is 2. The van der Waals surface area contributed by atoms with E-state index in [-0.39, 0.29) is 0 Å². The monoisotopic (exact) mass is 432 g/mol. The second-order valence-corrected chi connectivity index (χ2v) is 5.99. The van der Waals surface area contributed by atoms with Crippen molar-refractivity contribution in [3.05, 3.63) is 35.9 Å². The summed E-state index contributed by atoms with van der Waals surface area (Å²) in [7, 11) is 2.24. The lowest BCUT2D eigenvalue weighted by Gasteiger charge is -2.31. The fourth-order valence-corrected chi connectivity index (χ4v) is 2.25. The molecular formula is C17H22F6N2O4. The maximum absolute atomic E-state index is 10.6. The van der Waals surface area contributed by atoms with E-state index in [9.17, 15) is 26.3 Å². The molecule has 1 fully saturated rings. The van der Waals surface area contributed by atoms with Gasteiger partial charge in [0, 0.05) is 12.6 Å². The fourth-order valence-electron chi connectivity index (χ4n) is 2.25. The molecular weight excluding hydrogens is 410 g/mol. The molecule has 12 heteroatoms. The smallest absolute Gasteiger partial charge is 0.475 e. The number of carboxylic acid groups (broad SMARTS) is 2. The van der Waals surface area contributed by atoms with Gasteiger partial charge in [-0.15, -0.1) is 0 Å². The molecule has 0 unspecified atom stereocenters. The molecule has 0 atom stereocenters. The Hall–Kier alpha value is -2.34. The second kappa shape index (κ2) is 12.3. The molecule has 6 nitrogen and oxygen atoms in total. The summed E-state index contributed by atoms with van der Waals surface area (Å²) < 4.78 is 63.5. The van der Waals surface area contributed by atoms with Gasteiger partial charge in [-0.25, -0.2) is 9.59 Å². The van der Waals surface area contributed by atoms with Gasteiger partial charge in [-0.2, -0.15) is 26.3 Å². The molecule has 3 N–H and O–H groups in total. The van der Waals surface area contributed by atoms with Crippen molar-refractivity contribution in [3.8, 4) is 0 Å². The Bertz CT molecular complexity index is 593. The van der Waals surface area contributed by atoms with Crippen molar-refractivity contribution < 1.29 is 46.1 Å². The van der Waals surface area contributed by atoms with Crippen LogP contribution in [0, 0.1) is 0 Å². The summed E-state index contributed by atoms with van der Waals surface area (Å²) in [5.41, 5.74) is 1.42. The molecule has 166 valence electrons. The molecule has 0 aromatic heterocycles. The molecule has 29 heavy (non-hydrogen) atoms. The highest BCUT2D eigenvalue weighted by molar-refractivity contribution is 5.73. The Morgan fingerprint density at radius 1 is 0.966 bits per heavy atom. The molecule has 0 bridgehead atoms. The third-order valence-corrected chi connectivity index (χ3v) is 3.69. The number of alkyl halides is 6. The van der Waals surface area contributed by atoms with Gasteiger partial charge < -0.3 is 15.5 Å². The standard InChI is InChI=1S/C13H20N2.2C2HF3O2/c1-15(13-7-9-14-10-8-13)11-12-5-3-2-4-6-12;2*3-2(4,5)1(6)7/h2-6,13-14H,7-11H2,1H3;2*(H,6,7). The van der Waals surface area contributed by atoms with Crippen LogP contribution in [-0.2, 0) is 16.1 Å². The predicted octanol–water partition coefficient (Wildman–Crippen LogP) is 3.14. The third-order valence-electron chi connectivity index (χ3n) is 3.69.